The van der Waals surface area contributed by atoms with Crippen LogP contribution >= 0.6 is 0 Å². The number of Topliss-reactive ketones (excluding diaryl/α,β-unsaturated/α-hetero) is 1. The highest BCUT2D eigenvalue weighted by Crippen LogP contribution is 2.47. The summed E-state index contributed by atoms with van der Waals surface area (Å²) in [5.74, 6) is -0.111. The number of rotatable bonds is 2. The highest BCUT2D eigenvalue weighted by atomic mass is 16.3. The molecule has 3 heteroatoms. The zero-order chi connectivity index (χ0) is 16.7. The average molecular weight is 297 g/mol. The molecular formula is C19H23NO2. The average Bonchev–Trinajstić information content (AvgIpc) is 2.70. The van der Waals surface area contributed by atoms with Gasteiger partial charge in [-0.2, -0.15) is 5.26 Å². The maximum absolute atomic E-state index is 12.6. The second-order valence-corrected chi connectivity index (χ2v) is 7.64. The molecule has 0 amide bonds. The molecule has 1 aromatic rings. The monoisotopic (exact) mass is 297 g/mol. The lowest BCUT2D eigenvalue weighted by Gasteiger charge is -2.19. The molecule has 0 aromatic heterocycles. The molecule has 0 atom stereocenters. The van der Waals surface area contributed by atoms with Crippen molar-refractivity contribution in [3.05, 3.63) is 40.5 Å². The molecule has 2 rings (SSSR count). The van der Waals surface area contributed by atoms with Crippen LogP contribution in [-0.4, -0.2) is 10.9 Å². The molecule has 0 bridgehead atoms. The molecule has 1 N–H and O–H groups in total. The van der Waals surface area contributed by atoms with Crippen molar-refractivity contribution in [2.45, 2.75) is 53.1 Å². The molecule has 0 unspecified atom stereocenters. The molecule has 0 saturated carbocycles. The van der Waals surface area contributed by atoms with Crippen molar-refractivity contribution < 1.29 is 9.90 Å². The Kier molecular flexibility index (Phi) is 4.02. The minimum absolute atomic E-state index is 0.00552. The topological polar surface area (TPSA) is 61.1 Å². The van der Waals surface area contributed by atoms with Gasteiger partial charge in [0.05, 0.1) is 12.2 Å². The van der Waals surface area contributed by atoms with Gasteiger partial charge in [-0.05, 0) is 34.1 Å². The van der Waals surface area contributed by atoms with E-state index in [0.717, 1.165) is 22.3 Å². The van der Waals surface area contributed by atoms with Gasteiger partial charge in [-0.3, -0.25) is 4.79 Å². The van der Waals surface area contributed by atoms with Crippen molar-refractivity contribution in [2.75, 3.05) is 0 Å². The number of carbonyl (C=O) groups is 1. The number of aliphatic hydroxyl groups excluding tert-OH is 1. The Bertz CT molecular complexity index is 697. The molecule has 0 aliphatic heterocycles. The molecule has 0 spiro atoms. The molecule has 0 fully saturated rings. The lowest BCUT2D eigenvalue weighted by Crippen LogP contribution is -2.22. The molecule has 1 aromatic carbocycles. The number of carbonyl (C=O) groups excluding carboxylic acids is 1. The molecule has 3 nitrogen and oxygen atoms in total. The van der Waals surface area contributed by atoms with Crippen molar-refractivity contribution in [1.29, 1.82) is 5.26 Å². The molecule has 1 aliphatic carbocycles. The maximum Gasteiger partial charge on any atom is 0.178 e. The number of ketones is 1. The van der Waals surface area contributed by atoms with E-state index in [0.29, 0.717) is 6.42 Å². The lowest BCUT2D eigenvalue weighted by molar-refractivity contribution is -0.122. The summed E-state index contributed by atoms with van der Waals surface area (Å²) in [6.07, 6.45) is 0.669. The molecular weight excluding hydrogens is 274 g/mol. The molecule has 0 saturated heterocycles. The first-order valence-electron chi connectivity index (χ1n) is 7.54. The van der Waals surface area contributed by atoms with Gasteiger partial charge in [-0.15, -0.1) is 0 Å². The third-order valence-electron chi connectivity index (χ3n) is 4.26. The van der Waals surface area contributed by atoms with Crippen LogP contribution in [0.2, 0.25) is 0 Å². The van der Waals surface area contributed by atoms with Crippen molar-refractivity contribution >= 4 is 11.4 Å². The highest BCUT2D eigenvalue weighted by Gasteiger charge is 2.37. The van der Waals surface area contributed by atoms with Crippen molar-refractivity contribution in [3.63, 3.8) is 0 Å². The third kappa shape index (κ3) is 2.71. The van der Waals surface area contributed by atoms with Gasteiger partial charge in [0.1, 0.15) is 6.07 Å². The summed E-state index contributed by atoms with van der Waals surface area (Å²) < 4.78 is 0. The maximum atomic E-state index is 12.6. The number of hydrogen-bond acceptors (Lipinski definition) is 3. The van der Waals surface area contributed by atoms with Gasteiger partial charge in [0.2, 0.25) is 0 Å². The molecule has 0 heterocycles. The van der Waals surface area contributed by atoms with E-state index < -0.39 is 5.41 Å². The van der Waals surface area contributed by atoms with Crippen LogP contribution in [0.25, 0.3) is 5.57 Å². The Labute approximate surface area is 132 Å². The smallest absolute Gasteiger partial charge is 0.178 e. The summed E-state index contributed by atoms with van der Waals surface area (Å²) in [5.41, 5.74) is 3.32. The summed E-state index contributed by atoms with van der Waals surface area (Å²) in [6.45, 7) is 9.72. The summed E-state index contributed by atoms with van der Waals surface area (Å²) in [4.78, 5) is 12.6. The van der Waals surface area contributed by atoms with Gasteiger partial charge in [0.15, 0.2) is 5.78 Å². The minimum atomic E-state index is -0.573. The van der Waals surface area contributed by atoms with E-state index in [4.69, 9.17) is 0 Å². The molecule has 0 radical (unpaired) electrons. The Morgan fingerprint density at radius 1 is 1.36 bits per heavy atom. The van der Waals surface area contributed by atoms with Crippen LogP contribution in [-0.2, 0) is 16.8 Å². The fourth-order valence-electron chi connectivity index (χ4n) is 3.00. The van der Waals surface area contributed by atoms with Crippen molar-refractivity contribution in [1.82, 2.24) is 0 Å². The van der Waals surface area contributed by atoms with Crippen LogP contribution in [0.3, 0.4) is 0 Å². The second-order valence-electron chi connectivity index (χ2n) is 7.64. The van der Waals surface area contributed by atoms with Gasteiger partial charge >= 0.3 is 0 Å². The van der Waals surface area contributed by atoms with Crippen molar-refractivity contribution in [3.8, 4) is 6.07 Å². The third-order valence-corrected chi connectivity index (χ3v) is 4.26. The van der Waals surface area contributed by atoms with Gasteiger partial charge in [0.25, 0.3) is 0 Å². The quantitative estimate of drug-likeness (QED) is 0.668. The SMILES string of the molecule is CC(C)(C)C(=O)/C(C#N)=C1\CC(C)(C)c2cc(CO)ccc21. The highest BCUT2D eigenvalue weighted by molar-refractivity contribution is 6.09. The van der Waals surface area contributed by atoms with E-state index in [2.05, 4.69) is 19.9 Å². The molecule has 116 valence electrons. The number of allylic oxidation sites excluding steroid dienone is 2. The standard InChI is InChI=1S/C19H23NO2/c1-18(2,3)17(22)15(10-20)14-9-19(4,5)16-8-12(11-21)6-7-13(14)16/h6-8,21H,9,11H2,1-5H3/b15-14+. The van der Waals surface area contributed by atoms with Gasteiger partial charge < -0.3 is 5.11 Å². The number of fused-ring (bicyclic) bond motifs is 1. The predicted molar refractivity (Wildman–Crippen MR) is 87.0 cm³/mol. The largest absolute Gasteiger partial charge is 0.392 e. The predicted octanol–water partition coefficient (Wildman–Crippen LogP) is 3.75. The zero-order valence-corrected chi connectivity index (χ0v) is 13.9. The van der Waals surface area contributed by atoms with E-state index >= 15 is 0 Å². The first-order valence-corrected chi connectivity index (χ1v) is 7.54. The fraction of sp³-hybridized carbons (Fsp3) is 0.474. The Morgan fingerprint density at radius 3 is 2.50 bits per heavy atom. The van der Waals surface area contributed by atoms with E-state index in [1.165, 1.54) is 0 Å². The first kappa shape index (κ1) is 16.5. The van der Waals surface area contributed by atoms with Crippen LogP contribution in [0.5, 0.6) is 0 Å². The Balaban J connectivity index is 2.68. The van der Waals surface area contributed by atoms with E-state index in [-0.39, 0.29) is 23.4 Å². The molecule has 1 aliphatic rings. The number of benzene rings is 1. The van der Waals surface area contributed by atoms with Gasteiger partial charge in [-0.1, -0.05) is 52.8 Å². The number of nitrogens with zero attached hydrogens (tertiary/aromatic N) is 1. The summed E-state index contributed by atoms with van der Waals surface area (Å²) in [6, 6.07) is 7.91. The second kappa shape index (κ2) is 5.37. The molecule has 22 heavy (non-hydrogen) atoms. The van der Waals surface area contributed by atoms with Crippen LogP contribution in [0.4, 0.5) is 0 Å². The number of hydrogen-bond donors (Lipinski definition) is 1. The van der Waals surface area contributed by atoms with E-state index in [1.54, 1.807) is 0 Å². The number of aliphatic hydroxyl groups is 1. The van der Waals surface area contributed by atoms with Gasteiger partial charge in [0, 0.05) is 5.41 Å². The zero-order valence-electron chi connectivity index (χ0n) is 13.9. The summed E-state index contributed by atoms with van der Waals surface area (Å²) in [5, 5.41) is 18.9. The van der Waals surface area contributed by atoms with Crippen LogP contribution in [0, 0.1) is 16.7 Å². The lowest BCUT2D eigenvalue weighted by atomic mass is 9.83. The van der Waals surface area contributed by atoms with E-state index in [9.17, 15) is 15.2 Å². The van der Waals surface area contributed by atoms with Crippen LogP contribution in [0.1, 0.15) is 57.7 Å². The minimum Gasteiger partial charge on any atom is -0.392 e. The summed E-state index contributed by atoms with van der Waals surface area (Å²) >= 11 is 0. The first-order chi connectivity index (χ1) is 10.1. The summed E-state index contributed by atoms with van der Waals surface area (Å²) in [7, 11) is 0. The Morgan fingerprint density at radius 2 is 2.00 bits per heavy atom. The van der Waals surface area contributed by atoms with Crippen LogP contribution < -0.4 is 0 Å². The van der Waals surface area contributed by atoms with Crippen molar-refractivity contribution in [2.24, 2.45) is 5.41 Å². The Hall–Kier alpha value is -1.92. The fourth-order valence-corrected chi connectivity index (χ4v) is 3.00. The van der Waals surface area contributed by atoms with E-state index in [1.807, 2.05) is 39.0 Å². The van der Waals surface area contributed by atoms with Crippen LogP contribution in [0.15, 0.2) is 23.8 Å². The number of nitriles is 1. The normalized spacial score (nSPS) is 18.6. The van der Waals surface area contributed by atoms with Gasteiger partial charge in [-0.25, -0.2) is 0 Å².